The Morgan fingerprint density at radius 1 is 1.41 bits per heavy atom. The number of hydrogen-bond donors (Lipinski definition) is 2. The van der Waals surface area contributed by atoms with Gasteiger partial charge in [-0.15, -0.1) is 0 Å². The molecular formula is C12H19N3O2. The molecule has 1 amide bonds. The van der Waals surface area contributed by atoms with Crippen molar-refractivity contribution in [1.82, 2.24) is 15.3 Å². The number of hydrogen-bond acceptors (Lipinski definition) is 4. The Balaban J connectivity index is 2.62. The molecule has 0 unspecified atom stereocenters. The number of rotatable bonds is 5. The third-order valence-electron chi connectivity index (χ3n) is 2.93. The van der Waals surface area contributed by atoms with Crippen LogP contribution in [0.4, 0.5) is 0 Å². The third-order valence-corrected chi connectivity index (χ3v) is 2.93. The molecule has 0 aliphatic carbocycles. The average molecular weight is 237 g/mol. The molecule has 0 radical (unpaired) electrons. The van der Waals surface area contributed by atoms with E-state index in [0.29, 0.717) is 18.5 Å². The fraction of sp³-hybridized carbons (Fsp3) is 0.583. The molecule has 0 bridgehead atoms. The van der Waals surface area contributed by atoms with Gasteiger partial charge in [-0.1, -0.05) is 13.8 Å². The van der Waals surface area contributed by atoms with Gasteiger partial charge in [0.15, 0.2) is 0 Å². The Kier molecular flexibility index (Phi) is 4.57. The highest BCUT2D eigenvalue weighted by Gasteiger charge is 2.23. The zero-order valence-electron chi connectivity index (χ0n) is 10.5. The van der Waals surface area contributed by atoms with Gasteiger partial charge >= 0.3 is 0 Å². The largest absolute Gasteiger partial charge is 0.388 e. The van der Waals surface area contributed by atoms with Crippen LogP contribution in [0.25, 0.3) is 0 Å². The number of carbonyl (C=O) groups excluding carboxylic acids is 1. The molecule has 1 aromatic rings. The quantitative estimate of drug-likeness (QED) is 0.803. The van der Waals surface area contributed by atoms with Crippen LogP contribution in [0.3, 0.4) is 0 Å². The molecule has 5 nitrogen and oxygen atoms in total. The average Bonchev–Trinajstić information content (AvgIpc) is 2.35. The van der Waals surface area contributed by atoms with E-state index >= 15 is 0 Å². The molecule has 0 aliphatic heterocycles. The maximum Gasteiger partial charge on any atom is 0.270 e. The van der Waals surface area contributed by atoms with E-state index in [9.17, 15) is 9.90 Å². The lowest BCUT2D eigenvalue weighted by Crippen LogP contribution is -2.42. The lowest BCUT2D eigenvalue weighted by Gasteiger charge is -2.25. The van der Waals surface area contributed by atoms with Crippen molar-refractivity contribution >= 4 is 5.91 Å². The van der Waals surface area contributed by atoms with Gasteiger partial charge < -0.3 is 10.4 Å². The summed E-state index contributed by atoms with van der Waals surface area (Å²) in [6.07, 6.45) is 2.56. The van der Waals surface area contributed by atoms with Crippen molar-refractivity contribution in [2.24, 2.45) is 0 Å². The van der Waals surface area contributed by atoms with Gasteiger partial charge in [-0.05, 0) is 25.8 Å². The van der Waals surface area contributed by atoms with Crippen LogP contribution in [-0.4, -0.2) is 33.1 Å². The second kappa shape index (κ2) is 5.72. The van der Waals surface area contributed by atoms with E-state index < -0.39 is 5.60 Å². The molecule has 0 aliphatic rings. The standard InChI is InChI=1S/C12H19N3O2/c1-4-12(17,5-2)7-13-11(16)10-6-9(3)14-8-15-10/h6,8,17H,4-5,7H2,1-3H3,(H,13,16). The fourth-order valence-electron chi connectivity index (χ4n) is 1.41. The molecule has 5 heteroatoms. The third kappa shape index (κ3) is 3.78. The highest BCUT2D eigenvalue weighted by Crippen LogP contribution is 2.13. The maximum absolute atomic E-state index is 11.8. The number of nitrogens with one attached hydrogen (secondary N) is 1. The Hall–Kier alpha value is -1.49. The Bertz CT molecular complexity index is 389. The van der Waals surface area contributed by atoms with Crippen LogP contribution in [0.15, 0.2) is 12.4 Å². The molecule has 0 saturated heterocycles. The number of aryl methyl sites for hydroxylation is 1. The summed E-state index contributed by atoms with van der Waals surface area (Å²) >= 11 is 0. The number of nitrogens with zero attached hydrogens (tertiary/aromatic N) is 2. The maximum atomic E-state index is 11.8. The van der Waals surface area contributed by atoms with Gasteiger partial charge in [0.2, 0.25) is 0 Å². The first-order valence-corrected chi connectivity index (χ1v) is 5.80. The number of aliphatic hydroxyl groups is 1. The second-order valence-electron chi connectivity index (χ2n) is 4.16. The van der Waals surface area contributed by atoms with Crippen molar-refractivity contribution in [3.63, 3.8) is 0 Å². The van der Waals surface area contributed by atoms with Gasteiger partial charge in [0.1, 0.15) is 12.0 Å². The van der Waals surface area contributed by atoms with Crippen LogP contribution in [0, 0.1) is 6.92 Å². The van der Waals surface area contributed by atoms with Crippen LogP contribution in [-0.2, 0) is 0 Å². The van der Waals surface area contributed by atoms with Gasteiger partial charge in [-0.3, -0.25) is 4.79 Å². The van der Waals surface area contributed by atoms with Gasteiger partial charge in [0.25, 0.3) is 5.91 Å². The van der Waals surface area contributed by atoms with Crippen molar-refractivity contribution in [3.8, 4) is 0 Å². The SMILES string of the molecule is CCC(O)(CC)CNC(=O)c1cc(C)ncn1. The van der Waals surface area contributed by atoms with Gasteiger partial charge in [0.05, 0.1) is 5.60 Å². The zero-order chi connectivity index (χ0) is 12.9. The van der Waals surface area contributed by atoms with Crippen LogP contribution in [0.1, 0.15) is 42.9 Å². The minimum absolute atomic E-state index is 0.238. The molecule has 0 fully saturated rings. The topological polar surface area (TPSA) is 75.1 Å². The summed E-state index contributed by atoms with van der Waals surface area (Å²) in [7, 11) is 0. The lowest BCUT2D eigenvalue weighted by molar-refractivity contribution is 0.0313. The van der Waals surface area contributed by atoms with E-state index in [1.165, 1.54) is 6.33 Å². The molecule has 1 heterocycles. The summed E-state index contributed by atoms with van der Waals surface area (Å²) in [6.45, 7) is 5.82. The number of aromatic nitrogens is 2. The van der Waals surface area contributed by atoms with Gasteiger partial charge in [-0.2, -0.15) is 0 Å². The summed E-state index contributed by atoms with van der Waals surface area (Å²) < 4.78 is 0. The summed E-state index contributed by atoms with van der Waals surface area (Å²) in [5.74, 6) is -0.282. The van der Waals surface area contributed by atoms with Crippen LogP contribution in [0.2, 0.25) is 0 Å². The van der Waals surface area contributed by atoms with E-state index in [4.69, 9.17) is 0 Å². The normalized spacial score (nSPS) is 11.3. The van der Waals surface area contributed by atoms with E-state index in [-0.39, 0.29) is 12.5 Å². The molecule has 0 saturated carbocycles. The molecular weight excluding hydrogens is 218 g/mol. The Morgan fingerprint density at radius 3 is 2.59 bits per heavy atom. The summed E-state index contributed by atoms with van der Waals surface area (Å²) in [6, 6.07) is 1.62. The predicted octanol–water partition coefficient (Wildman–Crippen LogP) is 1.07. The molecule has 1 rings (SSSR count). The smallest absolute Gasteiger partial charge is 0.270 e. The van der Waals surface area contributed by atoms with E-state index in [1.54, 1.807) is 13.0 Å². The highest BCUT2D eigenvalue weighted by atomic mass is 16.3. The molecule has 1 aromatic heterocycles. The zero-order valence-corrected chi connectivity index (χ0v) is 10.5. The first kappa shape index (κ1) is 13.6. The second-order valence-corrected chi connectivity index (χ2v) is 4.16. The lowest BCUT2D eigenvalue weighted by atomic mass is 9.97. The predicted molar refractivity (Wildman–Crippen MR) is 64.6 cm³/mol. The summed E-state index contributed by atoms with van der Waals surface area (Å²) in [4.78, 5) is 19.6. The van der Waals surface area contributed by atoms with Gasteiger partial charge in [-0.25, -0.2) is 9.97 Å². The molecule has 0 aromatic carbocycles. The summed E-state index contributed by atoms with van der Waals surface area (Å²) in [5.41, 5.74) is 0.232. The molecule has 2 N–H and O–H groups in total. The molecule has 0 spiro atoms. The molecule has 17 heavy (non-hydrogen) atoms. The van der Waals surface area contributed by atoms with Crippen molar-refractivity contribution in [2.45, 2.75) is 39.2 Å². The van der Waals surface area contributed by atoms with Crippen LogP contribution < -0.4 is 5.32 Å². The number of amides is 1. The highest BCUT2D eigenvalue weighted by molar-refractivity contribution is 5.92. The molecule has 94 valence electrons. The van der Waals surface area contributed by atoms with Crippen molar-refractivity contribution < 1.29 is 9.90 Å². The fourth-order valence-corrected chi connectivity index (χ4v) is 1.41. The van der Waals surface area contributed by atoms with E-state index in [2.05, 4.69) is 15.3 Å². The van der Waals surface area contributed by atoms with E-state index in [1.807, 2.05) is 13.8 Å². The first-order valence-electron chi connectivity index (χ1n) is 5.80. The van der Waals surface area contributed by atoms with Crippen molar-refractivity contribution in [2.75, 3.05) is 6.54 Å². The molecule has 0 atom stereocenters. The summed E-state index contributed by atoms with van der Waals surface area (Å²) in [5, 5.41) is 12.7. The van der Waals surface area contributed by atoms with Crippen LogP contribution >= 0.6 is 0 Å². The van der Waals surface area contributed by atoms with Crippen molar-refractivity contribution in [1.29, 1.82) is 0 Å². The van der Waals surface area contributed by atoms with Crippen LogP contribution in [0.5, 0.6) is 0 Å². The minimum atomic E-state index is -0.836. The number of carbonyl (C=O) groups is 1. The Labute approximate surface area is 101 Å². The van der Waals surface area contributed by atoms with E-state index in [0.717, 1.165) is 5.69 Å². The minimum Gasteiger partial charge on any atom is -0.388 e. The van der Waals surface area contributed by atoms with Gasteiger partial charge in [0, 0.05) is 12.2 Å². The first-order chi connectivity index (χ1) is 8.00. The Morgan fingerprint density at radius 2 is 2.06 bits per heavy atom. The van der Waals surface area contributed by atoms with Crippen molar-refractivity contribution in [3.05, 3.63) is 23.8 Å². The monoisotopic (exact) mass is 237 g/mol.